The minimum atomic E-state index is -0.535. The van der Waals surface area contributed by atoms with Crippen LogP contribution in [0.25, 0.3) is 0 Å². The Balaban J connectivity index is 2.29. The van der Waals surface area contributed by atoms with Crippen molar-refractivity contribution in [2.24, 2.45) is 10.2 Å². The van der Waals surface area contributed by atoms with E-state index in [1.165, 1.54) is 44.7 Å². The van der Waals surface area contributed by atoms with Crippen LogP contribution in [0.1, 0.15) is 0 Å². The molecule has 0 heterocycles. The first kappa shape index (κ1) is 16.1. The molecule has 0 fully saturated rings. The lowest BCUT2D eigenvalue weighted by molar-refractivity contribution is -0.384. The maximum absolute atomic E-state index is 11.8. The molecule has 0 aliphatic heterocycles. The van der Waals surface area contributed by atoms with E-state index in [0.29, 0.717) is 5.57 Å². The normalized spacial score (nSPS) is 14.3. The molecule has 8 heteroatoms. The summed E-state index contributed by atoms with van der Waals surface area (Å²) in [5.41, 5.74) is 0.503. The third-order valence-electron chi connectivity index (χ3n) is 2.93. The van der Waals surface area contributed by atoms with Crippen molar-refractivity contribution in [3.63, 3.8) is 0 Å². The van der Waals surface area contributed by atoms with Gasteiger partial charge in [0, 0.05) is 11.6 Å². The summed E-state index contributed by atoms with van der Waals surface area (Å²) in [4.78, 5) is 22.2. The standard InChI is InChI=1S/C15H13N3O5/c1-22-13-7-10(8-14(23-2)15(13)19)9-16-17-11-5-3-4-6-12(11)18(20)21/h3-9H,1-2H3. The smallest absolute Gasteiger partial charge is 0.296 e. The SMILES string of the molecule is COC1=CC(=CN=Nc2ccccc2[N+](=O)[O-])C=C(OC)C1=O. The first-order chi connectivity index (χ1) is 11.1. The lowest BCUT2D eigenvalue weighted by Crippen LogP contribution is -2.13. The van der Waals surface area contributed by atoms with E-state index in [-0.39, 0.29) is 28.7 Å². The van der Waals surface area contributed by atoms with Crippen LogP contribution in [0.3, 0.4) is 0 Å². The molecule has 0 N–H and O–H groups in total. The summed E-state index contributed by atoms with van der Waals surface area (Å²) in [6.45, 7) is 0. The van der Waals surface area contributed by atoms with Crippen molar-refractivity contribution in [1.29, 1.82) is 0 Å². The second kappa shape index (κ2) is 7.12. The molecule has 8 nitrogen and oxygen atoms in total. The Bertz CT molecular complexity index is 736. The lowest BCUT2D eigenvalue weighted by Gasteiger charge is -2.12. The molecule has 2 rings (SSSR count). The predicted octanol–water partition coefficient (Wildman–Crippen LogP) is 3.21. The molecule has 1 aromatic carbocycles. The number of benzene rings is 1. The van der Waals surface area contributed by atoms with Gasteiger partial charge in [-0.1, -0.05) is 12.1 Å². The van der Waals surface area contributed by atoms with Crippen LogP contribution in [0.5, 0.6) is 0 Å². The number of hydrogen-bond donors (Lipinski definition) is 0. The Morgan fingerprint density at radius 2 is 1.74 bits per heavy atom. The number of carbonyl (C=O) groups excluding carboxylic acids is 1. The van der Waals surface area contributed by atoms with Crippen molar-refractivity contribution in [2.75, 3.05) is 14.2 Å². The molecule has 23 heavy (non-hydrogen) atoms. The van der Waals surface area contributed by atoms with Gasteiger partial charge in [0.05, 0.1) is 25.3 Å². The fourth-order valence-corrected chi connectivity index (χ4v) is 1.84. The van der Waals surface area contributed by atoms with E-state index in [0.717, 1.165) is 0 Å². The molecule has 1 aromatic rings. The summed E-state index contributed by atoms with van der Waals surface area (Å²) in [6, 6.07) is 5.99. The number of nitro groups is 1. The zero-order chi connectivity index (χ0) is 16.8. The average Bonchev–Trinajstić information content (AvgIpc) is 2.56. The van der Waals surface area contributed by atoms with Crippen LogP contribution in [-0.4, -0.2) is 24.9 Å². The van der Waals surface area contributed by atoms with Crippen molar-refractivity contribution >= 4 is 17.2 Å². The van der Waals surface area contributed by atoms with Crippen LogP contribution >= 0.6 is 0 Å². The van der Waals surface area contributed by atoms with Crippen LogP contribution < -0.4 is 0 Å². The molecule has 1 aliphatic carbocycles. The maximum Gasteiger partial charge on any atom is 0.296 e. The van der Waals surface area contributed by atoms with Gasteiger partial charge in [-0.05, 0) is 18.2 Å². The number of allylic oxidation sites excluding steroid dienone is 3. The number of Topliss-reactive ketones (excluding diaryl/α,β-unsaturated/α-hetero) is 1. The van der Waals surface area contributed by atoms with Gasteiger partial charge in [-0.3, -0.25) is 14.9 Å². The number of nitro benzene ring substituents is 1. The Morgan fingerprint density at radius 3 is 2.30 bits per heavy atom. The van der Waals surface area contributed by atoms with Gasteiger partial charge >= 0.3 is 0 Å². The first-order valence-electron chi connectivity index (χ1n) is 6.47. The molecule has 0 spiro atoms. The molecule has 0 unspecified atom stereocenters. The van der Waals surface area contributed by atoms with Crippen molar-refractivity contribution in [2.45, 2.75) is 0 Å². The van der Waals surface area contributed by atoms with E-state index in [4.69, 9.17) is 9.47 Å². The number of ketones is 1. The largest absolute Gasteiger partial charge is 0.492 e. The minimum absolute atomic E-state index is 0.108. The van der Waals surface area contributed by atoms with E-state index in [1.807, 2.05) is 0 Å². The van der Waals surface area contributed by atoms with E-state index in [2.05, 4.69) is 10.2 Å². The summed E-state index contributed by atoms with van der Waals surface area (Å²) in [6.07, 6.45) is 4.30. The van der Waals surface area contributed by atoms with E-state index in [9.17, 15) is 14.9 Å². The molecule has 1 aliphatic rings. The molecule has 0 saturated carbocycles. The lowest BCUT2D eigenvalue weighted by atomic mass is 10.1. The highest BCUT2D eigenvalue weighted by molar-refractivity contribution is 6.07. The predicted molar refractivity (Wildman–Crippen MR) is 80.9 cm³/mol. The number of nitrogens with zero attached hydrogens (tertiary/aromatic N) is 3. The Kier molecular flexibility index (Phi) is 4.98. The Hall–Kier alpha value is -3.29. The highest BCUT2D eigenvalue weighted by atomic mass is 16.6. The maximum atomic E-state index is 11.8. The highest BCUT2D eigenvalue weighted by Crippen LogP contribution is 2.27. The molecule has 0 amide bonds. The molecule has 0 aromatic heterocycles. The second-order valence-electron chi connectivity index (χ2n) is 4.34. The van der Waals surface area contributed by atoms with Crippen molar-refractivity contribution in [3.05, 3.63) is 69.8 Å². The van der Waals surface area contributed by atoms with E-state index < -0.39 is 4.92 Å². The quantitative estimate of drug-likeness (QED) is 0.471. The van der Waals surface area contributed by atoms with Gasteiger partial charge in [0.15, 0.2) is 17.2 Å². The van der Waals surface area contributed by atoms with Gasteiger partial charge < -0.3 is 9.47 Å². The average molecular weight is 315 g/mol. The third-order valence-corrected chi connectivity index (χ3v) is 2.93. The first-order valence-corrected chi connectivity index (χ1v) is 6.47. The van der Waals surface area contributed by atoms with E-state index in [1.54, 1.807) is 12.1 Å². The Morgan fingerprint density at radius 1 is 1.13 bits per heavy atom. The third kappa shape index (κ3) is 3.67. The highest BCUT2D eigenvalue weighted by Gasteiger charge is 2.21. The van der Waals surface area contributed by atoms with Gasteiger partial charge in [-0.25, -0.2) is 0 Å². The van der Waals surface area contributed by atoms with Gasteiger partial charge in [0.2, 0.25) is 0 Å². The van der Waals surface area contributed by atoms with E-state index >= 15 is 0 Å². The summed E-state index contributed by atoms with van der Waals surface area (Å²) in [7, 11) is 2.74. The molecule has 0 bridgehead atoms. The topological polar surface area (TPSA) is 103 Å². The summed E-state index contributed by atoms with van der Waals surface area (Å²) >= 11 is 0. The second-order valence-corrected chi connectivity index (χ2v) is 4.34. The number of carbonyl (C=O) groups is 1. The summed E-state index contributed by atoms with van der Waals surface area (Å²) in [5, 5.41) is 18.5. The fourth-order valence-electron chi connectivity index (χ4n) is 1.84. The number of rotatable bonds is 5. The van der Waals surface area contributed by atoms with Crippen LogP contribution in [0.2, 0.25) is 0 Å². The molecule has 0 saturated heterocycles. The van der Waals surface area contributed by atoms with Crippen molar-refractivity contribution in [3.8, 4) is 0 Å². The number of methoxy groups -OCH3 is 2. The molecule has 0 radical (unpaired) electrons. The number of azo groups is 1. The van der Waals surface area contributed by atoms with Crippen LogP contribution in [0, 0.1) is 10.1 Å². The monoisotopic (exact) mass is 315 g/mol. The van der Waals surface area contributed by atoms with Gasteiger partial charge in [0.1, 0.15) is 0 Å². The Labute approximate surface area is 131 Å². The number of hydrogen-bond acceptors (Lipinski definition) is 7. The molecule has 0 atom stereocenters. The van der Waals surface area contributed by atoms with Gasteiger partial charge in [-0.15, -0.1) is 5.11 Å². The summed E-state index contributed by atoms with van der Waals surface area (Å²) < 4.78 is 9.94. The van der Waals surface area contributed by atoms with Gasteiger partial charge in [-0.2, -0.15) is 5.11 Å². The minimum Gasteiger partial charge on any atom is -0.492 e. The van der Waals surface area contributed by atoms with Crippen LogP contribution in [0.15, 0.2) is 69.9 Å². The summed E-state index contributed by atoms with van der Waals surface area (Å²) in [5.74, 6) is -0.157. The number of para-hydroxylation sites is 1. The zero-order valence-electron chi connectivity index (χ0n) is 12.4. The molecule has 118 valence electrons. The van der Waals surface area contributed by atoms with Gasteiger partial charge in [0.25, 0.3) is 11.5 Å². The van der Waals surface area contributed by atoms with Crippen molar-refractivity contribution < 1.29 is 19.2 Å². The molecular weight excluding hydrogens is 302 g/mol. The zero-order valence-corrected chi connectivity index (χ0v) is 12.4. The fraction of sp³-hybridized carbons (Fsp3) is 0.133. The van der Waals surface area contributed by atoms with Crippen LogP contribution in [-0.2, 0) is 14.3 Å². The number of ether oxygens (including phenoxy) is 2. The molecular formula is C15H13N3O5. The van der Waals surface area contributed by atoms with Crippen molar-refractivity contribution in [1.82, 2.24) is 0 Å². The van der Waals surface area contributed by atoms with Crippen LogP contribution in [0.4, 0.5) is 11.4 Å².